The molecule has 0 aliphatic heterocycles. The maximum atomic E-state index is 14.0. The number of nitrogens with one attached hydrogen (secondary N) is 1. The van der Waals surface area contributed by atoms with Crippen molar-refractivity contribution < 1.29 is 14.4 Å². The van der Waals surface area contributed by atoms with Crippen LogP contribution in [-0.2, 0) is 9.59 Å². The molecule has 3 amide bonds. The van der Waals surface area contributed by atoms with Gasteiger partial charge in [-0.2, -0.15) is 0 Å². The Bertz CT molecular complexity index is 1040. The number of nitrogens with zero attached hydrogens (tertiary/aromatic N) is 1. The van der Waals surface area contributed by atoms with Gasteiger partial charge in [0.1, 0.15) is 5.78 Å². The molecular weight excluding hydrogens is 537 g/mol. The lowest BCUT2D eigenvalue weighted by Gasteiger charge is -2.36. The molecule has 0 heterocycles. The van der Waals surface area contributed by atoms with Crippen molar-refractivity contribution in [3.8, 4) is 0 Å². The van der Waals surface area contributed by atoms with E-state index in [1.807, 2.05) is 36.4 Å². The summed E-state index contributed by atoms with van der Waals surface area (Å²) >= 11 is 3.48. The molecule has 0 saturated heterocycles. The summed E-state index contributed by atoms with van der Waals surface area (Å²) in [6.07, 6.45) is 12.5. The highest BCUT2D eigenvalue weighted by Gasteiger charge is 2.37. The summed E-state index contributed by atoms with van der Waals surface area (Å²) in [6, 6.07) is 20.4. The predicted octanol–water partition coefficient (Wildman–Crippen LogP) is 8.62. The third kappa shape index (κ3) is 9.41. The van der Waals surface area contributed by atoms with Gasteiger partial charge in [0.2, 0.25) is 5.91 Å². The van der Waals surface area contributed by atoms with Crippen LogP contribution in [0.5, 0.6) is 0 Å². The maximum absolute atomic E-state index is 14.0. The first-order valence-electron chi connectivity index (χ1n) is 15.0. The molecule has 0 radical (unpaired) electrons. The molecule has 2 aromatic carbocycles. The van der Waals surface area contributed by atoms with Crippen LogP contribution in [0, 0.1) is 0 Å². The molecule has 1 N–H and O–H groups in total. The number of imide groups is 1. The lowest BCUT2D eigenvalue weighted by Crippen LogP contribution is -2.53. The van der Waals surface area contributed by atoms with E-state index in [1.54, 1.807) is 35.3 Å². The first-order chi connectivity index (χ1) is 19.4. The molecule has 2 saturated carbocycles. The second-order valence-corrected chi connectivity index (χ2v) is 14.5. The van der Waals surface area contributed by atoms with Crippen molar-refractivity contribution >= 4 is 41.2 Å². The Hall–Kier alpha value is -2.25. The van der Waals surface area contributed by atoms with Gasteiger partial charge >= 0.3 is 6.03 Å². The molecular formula is C33H44N2O3S2. The summed E-state index contributed by atoms with van der Waals surface area (Å²) in [5.41, 5.74) is 0. The van der Waals surface area contributed by atoms with Crippen LogP contribution in [0.15, 0.2) is 70.5 Å². The third-order valence-corrected chi connectivity index (χ3v) is 11.1. The summed E-state index contributed by atoms with van der Waals surface area (Å²) < 4.78 is -0.428. The molecule has 0 bridgehead atoms. The molecule has 40 heavy (non-hydrogen) atoms. The number of hydrogen-bond acceptors (Lipinski definition) is 5. The average molecular weight is 581 g/mol. The van der Waals surface area contributed by atoms with Gasteiger partial charge in [-0.3, -0.25) is 9.69 Å². The lowest BCUT2D eigenvalue weighted by atomic mass is 9.93. The first kappa shape index (κ1) is 30.7. The predicted molar refractivity (Wildman–Crippen MR) is 166 cm³/mol. The van der Waals surface area contributed by atoms with E-state index in [0.29, 0.717) is 19.3 Å². The number of carbonyl (C=O) groups is 3. The molecule has 5 nitrogen and oxygen atoms in total. The van der Waals surface area contributed by atoms with Gasteiger partial charge in [0, 0.05) is 34.7 Å². The van der Waals surface area contributed by atoms with Gasteiger partial charge in [-0.25, -0.2) is 4.79 Å². The minimum absolute atomic E-state index is 0.0278. The van der Waals surface area contributed by atoms with Crippen molar-refractivity contribution in [1.82, 2.24) is 10.2 Å². The highest BCUT2D eigenvalue weighted by Crippen LogP contribution is 2.51. The number of amides is 3. The molecule has 2 aliphatic rings. The van der Waals surface area contributed by atoms with Crippen LogP contribution < -0.4 is 5.32 Å². The minimum Gasteiger partial charge on any atom is -0.335 e. The van der Waals surface area contributed by atoms with Crippen LogP contribution in [0.25, 0.3) is 0 Å². The second kappa shape index (κ2) is 15.7. The number of urea groups is 1. The van der Waals surface area contributed by atoms with Crippen molar-refractivity contribution in [3.63, 3.8) is 0 Å². The van der Waals surface area contributed by atoms with Crippen molar-refractivity contribution in [2.24, 2.45) is 0 Å². The molecule has 0 spiro atoms. The van der Waals surface area contributed by atoms with Crippen LogP contribution in [0.1, 0.15) is 96.8 Å². The van der Waals surface area contributed by atoms with Crippen LogP contribution in [-0.4, -0.2) is 38.8 Å². The summed E-state index contributed by atoms with van der Waals surface area (Å²) in [6.45, 7) is 1.64. The maximum Gasteiger partial charge on any atom is 0.324 e. The molecule has 2 aromatic rings. The summed E-state index contributed by atoms with van der Waals surface area (Å²) in [5, 5.41) is 3.23. The largest absolute Gasteiger partial charge is 0.335 e. The topological polar surface area (TPSA) is 66.5 Å². The highest BCUT2D eigenvalue weighted by atomic mass is 32.2. The Morgan fingerprint density at radius 2 is 1.25 bits per heavy atom. The highest BCUT2D eigenvalue weighted by molar-refractivity contribution is 8.18. The SMILES string of the molecule is CC(=O)CCC(CCC(=O)N(C(=O)NC1CCCCC1)C1CCCCC1)(Sc1ccccc1)Sc1ccccc1. The number of carbonyl (C=O) groups excluding carboxylic acids is 3. The minimum atomic E-state index is -0.428. The summed E-state index contributed by atoms with van der Waals surface area (Å²) in [5.74, 6) is 0.0587. The Balaban J connectivity index is 1.56. The van der Waals surface area contributed by atoms with Gasteiger partial charge in [-0.15, -0.1) is 23.5 Å². The first-order valence-corrected chi connectivity index (χ1v) is 16.7. The van der Waals surface area contributed by atoms with Gasteiger partial charge in [0.05, 0.1) is 4.08 Å². The second-order valence-electron chi connectivity index (χ2n) is 11.3. The average Bonchev–Trinajstić information content (AvgIpc) is 2.97. The standard InChI is InChI=1S/C33H44N2O3S2/c1-26(36)22-24-33(39-29-18-10-4-11-19-29,40-30-20-12-5-13-21-30)25-23-31(37)35(28-16-8-3-9-17-28)32(38)34-27-14-6-2-7-15-27/h4-5,10-13,18-21,27-28H,2-3,6-9,14-17,22-25H2,1H3,(H,34,38). The molecule has 7 heteroatoms. The van der Waals surface area contributed by atoms with E-state index in [9.17, 15) is 14.4 Å². The zero-order chi connectivity index (χ0) is 28.2. The monoisotopic (exact) mass is 580 g/mol. The van der Waals surface area contributed by atoms with Crippen LogP contribution in [0.4, 0.5) is 4.79 Å². The summed E-state index contributed by atoms with van der Waals surface area (Å²) in [7, 11) is 0. The van der Waals surface area contributed by atoms with E-state index in [-0.39, 0.29) is 36.2 Å². The van der Waals surface area contributed by atoms with Gasteiger partial charge in [-0.05, 0) is 69.7 Å². The lowest BCUT2D eigenvalue weighted by molar-refractivity contribution is -0.130. The fourth-order valence-electron chi connectivity index (χ4n) is 5.85. The Labute approximate surface area is 248 Å². The zero-order valence-electron chi connectivity index (χ0n) is 23.8. The van der Waals surface area contributed by atoms with Gasteiger partial charge in [0.25, 0.3) is 0 Å². The zero-order valence-corrected chi connectivity index (χ0v) is 25.4. The smallest absolute Gasteiger partial charge is 0.324 e. The molecule has 4 rings (SSSR count). The van der Waals surface area contributed by atoms with Gasteiger partial charge < -0.3 is 10.1 Å². The van der Waals surface area contributed by atoms with Crippen molar-refractivity contribution in [3.05, 3.63) is 60.7 Å². The number of rotatable bonds is 12. The van der Waals surface area contributed by atoms with Gasteiger partial charge in [-0.1, -0.05) is 74.9 Å². The van der Waals surface area contributed by atoms with Crippen LogP contribution >= 0.6 is 23.5 Å². The van der Waals surface area contributed by atoms with E-state index in [2.05, 4.69) is 29.6 Å². The summed E-state index contributed by atoms with van der Waals surface area (Å²) in [4.78, 5) is 43.6. The molecule has 0 atom stereocenters. The quantitative estimate of drug-likeness (QED) is 0.201. The van der Waals surface area contributed by atoms with Crippen LogP contribution in [0.2, 0.25) is 0 Å². The molecule has 2 fully saturated rings. The van der Waals surface area contributed by atoms with E-state index >= 15 is 0 Å². The van der Waals surface area contributed by atoms with Crippen molar-refractivity contribution in [2.45, 2.75) is 123 Å². The number of Topliss-reactive ketones (excluding diaryl/α,β-unsaturated/α-hetero) is 1. The Morgan fingerprint density at radius 1 is 0.750 bits per heavy atom. The van der Waals surface area contributed by atoms with E-state index in [1.165, 1.54) is 12.8 Å². The molecule has 0 unspecified atom stereocenters. The third-order valence-electron chi connectivity index (χ3n) is 8.03. The number of benzene rings is 2. The van der Waals surface area contributed by atoms with E-state index in [4.69, 9.17) is 0 Å². The van der Waals surface area contributed by atoms with E-state index < -0.39 is 4.08 Å². The molecule has 0 aromatic heterocycles. The number of ketones is 1. The fraction of sp³-hybridized carbons (Fsp3) is 0.545. The van der Waals surface area contributed by atoms with E-state index in [0.717, 1.165) is 61.2 Å². The van der Waals surface area contributed by atoms with Crippen LogP contribution in [0.3, 0.4) is 0 Å². The fourth-order valence-corrected chi connectivity index (χ4v) is 8.86. The Morgan fingerprint density at radius 3 is 1.77 bits per heavy atom. The number of thioether (sulfide) groups is 2. The Kier molecular flexibility index (Phi) is 12.0. The van der Waals surface area contributed by atoms with Crippen molar-refractivity contribution in [2.75, 3.05) is 0 Å². The number of hydrogen-bond donors (Lipinski definition) is 1. The normalized spacial score (nSPS) is 16.8. The molecule has 2 aliphatic carbocycles. The van der Waals surface area contributed by atoms with Crippen molar-refractivity contribution in [1.29, 1.82) is 0 Å². The molecule has 216 valence electrons. The van der Waals surface area contributed by atoms with Gasteiger partial charge in [0.15, 0.2) is 0 Å².